The average molecular weight is 421 g/mol. The number of guanidine groups is 1. The zero-order chi connectivity index (χ0) is 20.6. The van der Waals surface area contributed by atoms with Gasteiger partial charge in [0.25, 0.3) is 0 Å². The third-order valence-electron chi connectivity index (χ3n) is 5.34. The molecule has 160 valence electrons. The molecule has 0 aromatic heterocycles. The van der Waals surface area contributed by atoms with Gasteiger partial charge in [-0.2, -0.15) is 0 Å². The van der Waals surface area contributed by atoms with Crippen LogP contribution in [0, 0.1) is 5.92 Å². The number of carbonyl (C=O) groups is 1. The first-order valence-electron chi connectivity index (χ1n) is 10.6. The SMILES string of the molecule is CCNC(=NCc1c(Cl)cccc1N1CCN(C)CC1)NCCNC(=O)C1CC1. The molecule has 1 saturated heterocycles. The van der Waals surface area contributed by atoms with Crippen LogP contribution in [0.15, 0.2) is 23.2 Å². The Labute approximate surface area is 178 Å². The fourth-order valence-electron chi connectivity index (χ4n) is 3.40. The molecule has 0 bridgehead atoms. The summed E-state index contributed by atoms with van der Waals surface area (Å²) in [5.41, 5.74) is 2.22. The second-order valence-electron chi connectivity index (χ2n) is 7.72. The van der Waals surface area contributed by atoms with E-state index in [-0.39, 0.29) is 11.8 Å². The van der Waals surface area contributed by atoms with Crippen molar-refractivity contribution in [2.24, 2.45) is 10.9 Å². The first-order valence-corrected chi connectivity index (χ1v) is 11.0. The number of carbonyl (C=O) groups excluding carboxylic acids is 1. The Bertz CT molecular complexity index is 713. The van der Waals surface area contributed by atoms with Gasteiger partial charge in [-0.05, 0) is 38.9 Å². The summed E-state index contributed by atoms with van der Waals surface area (Å²) in [5.74, 6) is 1.14. The van der Waals surface area contributed by atoms with Crippen molar-refractivity contribution in [1.82, 2.24) is 20.9 Å². The van der Waals surface area contributed by atoms with E-state index in [1.54, 1.807) is 0 Å². The molecule has 1 aliphatic carbocycles. The van der Waals surface area contributed by atoms with E-state index in [0.717, 1.165) is 62.1 Å². The molecular formula is C21H33ClN6O. The minimum atomic E-state index is 0.168. The number of likely N-dealkylation sites (N-methyl/N-ethyl adjacent to an activating group) is 1. The van der Waals surface area contributed by atoms with Gasteiger partial charge >= 0.3 is 0 Å². The Morgan fingerprint density at radius 3 is 2.55 bits per heavy atom. The van der Waals surface area contributed by atoms with E-state index in [1.165, 1.54) is 5.69 Å². The Kier molecular flexibility index (Phi) is 8.00. The number of halogens is 1. The van der Waals surface area contributed by atoms with E-state index >= 15 is 0 Å². The van der Waals surface area contributed by atoms with Crippen molar-refractivity contribution in [1.29, 1.82) is 0 Å². The van der Waals surface area contributed by atoms with Crippen LogP contribution in [-0.2, 0) is 11.3 Å². The van der Waals surface area contributed by atoms with E-state index < -0.39 is 0 Å². The van der Waals surface area contributed by atoms with Gasteiger partial charge in [0.1, 0.15) is 0 Å². The lowest BCUT2D eigenvalue weighted by atomic mass is 10.1. The highest BCUT2D eigenvalue weighted by molar-refractivity contribution is 6.31. The Balaban J connectivity index is 1.59. The number of amides is 1. The van der Waals surface area contributed by atoms with Crippen LogP contribution >= 0.6 is 11.6 Å². The van der Waals surface area contributed by atoms with E-state index in [1.807, 2.05) is 19.1 Å². The van der Waals surface area contributed by atoms with Crippen molar-refractivity contribution in [3.05, 3.63) is 28.8 Å². The highest BCUT2D eigenvalue weighted by Crippen LogP contribution is 2.29. The molecule has 1 aromatic rings. The molecule has 0 spiro atoms. The summed E-state index contributed by atoms with van der Waals surface area (Å²) in [4.78, 5) is 21.2. The fourth-order valence-corrected chi connectivity index (χ4v) is 3.63. The van der Waals surface area contributed by atoms with Gasteiger partial charge in [0.15, 0.2) is 5.96 Å². The van der Waals surface area contributed by atoms with Crippen molar-refractivity contribution in [2.75, 3.05) is 57.8 Å². The molecule has 0 unspecified atom stereocenters. The molecule has 1 aromatic carbocycles. The van der Waals surface area contributed by atoms with Crippen LogP contribution in [0.5, 0.6) is 0 Å². The number of nitrogens with zero attached hydrogens (tertiary/aromatic N) is 3. The first kappa shape index (κ1) is 21.7. The molecule has 1 amide bonds. The minimum absolute atomic E-state index is 0.168. The van der Waals surface area contributed by atoms with Crippen molar-refractivity contribution in [3.63, 3.8) is 0 Å². The molecule has 3 N–H and O–H groups in total. The maximum Gasteiger partial charge on any atom is 0.223 e. The standard InChI is InChI=1S/C21H33ClN6O/c1-3-23-21(25-10-9-24-20(29)16-7-8-16)26-15-17-18(22)5-4-6-19(17)28-13-11-27(2)12-14-28/h4-6,16H,3,7-15H2,1-2H3,(H,24,29)(H2,23,25,26). The lowest BCUT2D eigenvalue weighted by molar-refractivity contribution is -0.122. The molecule has 2 fully saturated rings. The second kappa shape index (κ2) is 10.7. The van der Waals surface area contributed by atoms with Crippen LogP contribution in [0.1, 0.15) is 25.3 Å². The summed E-state index contributed by atoms with van der Waals surface area (Å²) < 4.78 is 0. The van der Waals surface area contributed by atoms with Gasteiger partial charge in [-0.15, -0.1) is 0 Å². The number of hydrogen-bond acceptors (Lipinski definition) is 4. The molecular weight excluding hydrogens is 388 g/mol. The molecule has 1 heterocycles. The Morgan fingerprint density at radius 2 is 1.86 bits per heavy atom. The van der Waals surface area contributed by atoms with Crippen LogP contribution in [0.3, 0.4) is 0 Å². The summed E-state index contributed by atoms with van der Waals surface area (Å²) >= 11 is 6.54. The van der Waals surface area contributed by atoms with Gasteiger partial charge in [0.05, 0.1) is 6.54 Å². The maximum absolute atomic E-state index is 11.7. The molecule has 8 heteroatoms. The van der Waals surface area contributed by atoms with Gasteiger partial charge in [-0.3, -0.25) is 4.79 Å². The molecule has 2 aliphatic rings. The van der Waals surface area contributed by atoms with Crippen LogP contribution in [0.2, 0.25) is 5.02 Å². The molecule has 1 saturated carbocycles. The van der Waals surface area contributed by atoms with Crippen LogP contribution in [0.25, 0.3) is 0 Å². The Morgan fingerprint density at radius 1 is 1.14 bits per heavy atom. The lowest BCUT2D eigenvalue weighted by Gasteiger charge is -2.35. The molecule has 29 heavy (non-hydrogen) atoms. The highest BCUT2D eigenvalue weighted by atomic mass is 35.5. The summed E-state index contributed by atoms with van der Waals surface area (Å²) in [5, 5.41) is 10.3. The molecule has 0 atom stereocenters. The lowest BCUT2D eigenvalue weighted by Crippen LogP contribution is -2.44. The number of nitrogens with one attached hydrogen (secondary N) is 3. The predicted octanol–water partition coefficient (Wildman–Crippen LogP) is 1.67. The quantitative estimate of drug-likeness (QED) is 0.339. The number of hydrogen-bond donors (Lipinski definition) is 3. The fraction of sp³-hybridized carbons (Fsp3) is 0.619. The van der Waals surface area contributed by atoms with Gasteiger partial charge in [-0.1, -0.05) is 17.7 Å². The van der Waals surface area contributed by atoms with E-state index in [0.29, 0.717) is 19.6 Å². The highest BCUT2D eigenvalue weighted by Gasteiger charge is 2.29. The monoisotopic (exact) mass is 420 g/mol. The maximum atomic E-state index is 11.7. The first-order chi connectivity index (χ1) is 14.1. The number of rotatable bonds is 8. The van der Waals surface area contributed by atoms with Crippen LogP contribution < -0.4 is 20.9 Å². The van der Waals surface area contributed by atoms with Crippen LogP contribution in [0.4, 0.5) is 5.69 Å². The summed E-state index contributed by atoms with van der Waals surface area (Å²) in [6, 6.07) is 6.07. The molecule has 0 radical (unpaired) electrons. The summed E-state index contributed by atoms with van der Waals surface area (Å²) in [6.07, 6.45) is 2.05. The van der Waals surface area contributed by atoms with E-state index in [4.69, 9.17) is 16.6 Å². The largest absolute Gasteiger partial charge is 0.369 e. The molecule has 3 rings (SSSR count). The molecule has 1 aliphatic heterocycles. The third kappa shape index (κ3) is 6.51. The average Bonchev–Trinajstić information content (AvgIpc) is 3.56. The van der Waals surface area contributed by atoms with Gasteiger partial charge in [0.2, 0.25) is 5.91 Å². The number of piperazine rings is 1. The third-order valence-corrected chi connectivity index (χ3v) is 5.70. The molecule has 7 nitrogen and oxygen atoms in total. The van der Waals surface area contributed by atoms with Gasteiger partial charge in [0, 0.05) is 68.0 Å². The van der Waals surface area contributed by atoms with Crippen molar-refractivity contribution < 1.29 is 4.79 Å². The smallest absolute Gasteiger partial charge is 0.223 e. The number of aliphatic imine (C=N–C) groups is 1. The Hall–Kier alpha value is -1.99. The van der Waals surface area contributed by atoms with E-state index in [2.05, 4.69) is 38.9 Å². The van der Waals surface area contributed by atoms with Crippen molar-refractivity contribution in [2.45, 2.75) is 26.3 Å². The van der Waals surface area contributed by atoms with Gasteiger partial charge < -0.3 is 25.8 Å². The van der Waals surface area contributed by atoms with Crippen LogP contribution in [-0.4, -0.2) is 69.6 Å². The zero-order valence-corrected chi connectivity index (χ0v) is 18.3. The topological polar surface area (TPSA) is 72.0 Å². The zero-order valence-electron chi connectivity index (χ0n) is 17.5. The van der Waals surface area contributed by atoms with Gasteiger partial charge in [-0.25, -0.2) is 4.99 Å². The van der Waals surface area contributed by atoms with Crippen molar-refractivity contribution in [3.8, 4) is 0 Å². The minimum Gasteiger partial charge on any atom is -0.369 e. The predicted molar refractivity (Wildman–Crippen MR) is 120 cm³/mol. The van der Waals surface area contributed by atoms with Crippen molar-refractivity contribution >= 4 is 29.2 Å². The summed E-state index contributed by atoms with van der Waals surface area (Å²) in [7, 11) is 2.15. The number of benzene rings is 1. The summed E-state index contributed by atoms with van der Waals surface area (Å²) in [6.45, 7) is 8.63. The normalized spacial score (nSPS) is 17.9. The number of anilines is 1. The van der Waals surface area contributed by atoms with E-state index in [9.17, 15) is 4.79 Å². The second-order valence-corrected chi connectivity index (χ2v) is 8.12.